The first-order chi connectivity index (χ1) is 14.6. The summed E-state index contributed by atoms with van der Waals surface area (Å²) < 4.78 is 54.9. The SMILES string of the molecule is C[C@H](CN(C)Cc1ccc(F)cc1)NC(=O)c1ccc(-c2noc(C(F)(F)F)n2)cc1. The number of benzene rings is 2. The molecule has 0 aliphatic rings. The van der Waals surface area contributed by atoms with Gasteiger partial charge in [0.25, 0.3) is 5.91 Å². The summed E-state index contributed by atoms with van der Waals surface area (Å²) in [6.07, 6.45) is -4.72. The van der Waals surface area contributed by atoms with E-state index in [1.54, 1.807) is 12.1 Å². The molecule has 31 heavy (non-hydrogen) atoms. The molecule has 0 radical (unpaired) electrons. The Hall–Kier alpha value is -3.27. The van der Waals surface area contributed by atoms with Gasteiger partial charge in [0.05, 0.1) is 0 Å². The molecule has 1 atom stereocenters. The summed E-state index contributed by atoms with van der Waals surface area (Å²) in [5, 5.41) is 6.18. The van der Waals surface area contributed by atoms with Gasteiger partial charge in [0.2, 0.25) is 5.82 Å². The molecule has 3 rings (SSSR count). The van der Waals surface area contributed by atoms with Crippen LogP contribution in [0.15, 0.2) is 53.1 Å². The van der Waals surface area contributed by atoms with Crippen molar-refractivity contribution in [1.29, 1.82) is 0 Å². The van der Waals surface area contributed by atoms with Crippen molar-refractivity contribution >= 4 is 5.91 Å². The number of nitrogens with one attached hydrogen (secondary N) is 1. The molecule has 3 aromatic rings. The molecular formula is C21H20F4N4O2. The minimum atomic E-state index is -4.72. The fourth-order valence-corrected chi connectivity index (χ4v) is 3.01. The first kappa shape index (κ1) is 22.4. The molecule has 0 saturated heterocycles. The standard InChI is InChI=1S/C21H20F4N4O2/c1-13(11-29(2)12-14-3-9-17(22)10-4-14)26-19(30)16-7-5-15(6-8-16)18-27-20(31-28-18)21(23,24)25/h3-10,13H,11-12H2,1-2H3,(H,26,30)/t13-/m1/s1. The van der Waals surface area contributed by atoms with Crippen LogP contribution >= 0.6 is 0 Å². The third-order valence-electron chi connectivity index (χ3n) is 4.40. The summed E-state index contributed by atoms with van der Waals surface area (Å²) >= 11 is 0. The van der Waals surface area contributed by atoms with Crippen LogP contribution in [0.25, 0.3) is 11.4 Å². The number of likely N-dealkylation sites (N-methyl/N-ethyl adjacent to an activating group) is 1. The third kappa shape index (κ3) is 6.11. The number of rotatable bonds is 7. The second-order valence-corrected chi connectivity index (χ2v) is 7.20. The summed E-state index contributed by atoms with van der Waals surface area (Å²) in [7, 11) is 1.89. The molecule has 1 amide bonds. The van der Waals surface area contributed by atoms with Crippen LogP contribution in [-0.2, 0) is 12.7 Å². The van der Waals surface area contributed by atoms with Gasteiger partial charge in [0.1, 0.15) is 5.82 Å². The lowest BCUT2D eigenvalue weighted by Gasteiger charge is -2.22. The predicted octanol–water partition coefficient (Wildman–Crippen LogP) is 4.14. The highest BCUT2D eigenvalue weighted by Gasteiger charge is 2.38. The van der Waals surface area contributed by atoms with E-state index in [0.717, 1.165) is 5.56 Å². The van der Waals surface area contributed by atoms with Gasteiger partial charge in [-0.25, -0.2) is 4.39 Å². The molecule has 0 fully saturated rings. The Kier molecular flexibility index (Phi) is 6.69. The quantitative estimate of drug-likeness (QED) is 0.564. The van der Waals surface area contributed by atoms with E-state index in [1.807, 2.05) is 18.9 Å². The number of hydrogen-bond acceptors (Lipinski definition) is 5. The van der Waals surface area contributed by atoms with Crippen molar-refractivity contribution in [2.45, 2.75) is 25.7 Å². The second kappa shape index (κ2) is 9.25. The number of halogens is 4. The van der Waals surface area contributed by atoms with Gasteiger partial charge in [0, 0.05) is 30.3 Å². The molecule has 1 N–H and O–H groups in total. The average Bonchev–Trinajstić information content (AvgIpc) is 3.20. The molecule has 0 spiro atoms. The van der Waals surface area contributed by atoms with Gasteiger partial charge in [0.15, 0.2) is 0 Å². The maximum atomic E-state index is 13.0. The molecule has 164 valence electrons. The number of carbonyl (C=O) groups excluding carboxylic acids is 1. The van der Waals surface area contributed by atoms with Gasteiger partial charge in [-0.05, 0) is 43.8 Å². The molecule has 1 heterocycles. The monoisotopic (exact) mass is 436 g/mol. The first-order valence-corrected chi connectivity index (χ1v) is 9.37. The van der Waals surface area contributed by atoms with Gasteiger partial charge in [-0.15, -0.1) is 0 Å². The Balaban J connectivity index is 1.55. The molecule has 0 aliphatic carbocycles. The normalized spacial score (nSPS) is 12.7. The fraction of sp³-hybridized carbons (Fsp3) is 0.286. The van der Waals surface area contributed by atoms with Crippen LogP contribution in [0.2, 0.25) is 0 Å². The average molecular weight is 436 g/mol. The molecule has 0 aliphatic heterocycles. The number of alkyl halides is 3. The molecule has 1 aromatic heterocycles. The minimum absolute atomic E-state index is 0.177. The van der Waals surface area contributed by atoms with Crippen molar-refractivity contribution in [3.8, 4) is 11.4 Å². The van der Waals surface area contributed by atoms with Crippen molar-refractivity contribution in [2.24, 2.45) is 0 Å². The van der Waals surface area contributed by atoms with Gasteiger partial charge >= 0.3 is 12.1 Å². The Morgan fingerprint density at radius 3 is 2.35 bits per heavy atom. The Morgan fingerprint density at radius 2 is 1.77 bits per heavy atom. The number of aromatic nitrogens is 2. The zero-order valence-electron chi connectivity index (χ0n) is 16.8. The lowest BCUT2D eigenvalue weighted by Crippen LogP contribution is -2.40. The third-order valence-corrected chi connectivity index (χ3v) is 4.40. The van der Waals surface area contributed by atoms with Crippen molar-refractivity contribution in [3.05, 3.63) is 71.4 Å². The van der Waals surface area contributed by atoms with Crippen LogP contribution in [0.5, 0.6) is 0 Å². The van der Waals surface area contributed by atoms with Crippen LogP contribution in [0.1, 0.15) is 28.7 Å². The summed E-state index contributed by atoms with van der Waals surface area (Å²) in [4.78, 5) is 17.8. The maximum Gasteiger partial charge on any atom is 0.471 e. The summed E-state index contributed by atoms with van der Waals surface area (Å²) in [5.41, 5.74) is 1.59. The highest BCUT2D eigenvalue weighted by Crippen LogP contribution is 2.29. The van der Waals surface area contributed by atoms with Crippen LogP contribution in [-0.4, -0.2) is 40.6 Å². The maximum absolute atomic E-state index is 13.0. The van der Waals surface area contributed by atoms with Crippen LogP contribution in [0.3, 0.4) is 0 Å². The predicted molar refractivity (Wildman–Crippen MR) is 104 cm³/mol. The van der Waals surface area contributed by atoms with Gasteiger partial charge in [-0.2, -0.15) is 18.2 Å². The largest absolute Gasteiger partial charge is 0.471 e. The minimum Gasteiger partial charge on any atom is -0.348 e. The zero-order chi connectivity index (χ0) is 22.6. The number of nitrogens with zero attached hydrogens (tertiary/aromatic N) is 3. The van der Waals surface area contributed by atoms with E-state index in [1.165, 1.54) is 36.4 Å². The highest BCUT2D eigenvalue weighted by atomic mass is 19.4. The fourth-order valence-electron chi connectivity index (χ4n) is 3.01. The molecule has 2 aromatic carbocycles. The Labute approximate surface area is 175 Å². The number of hydrogen-bond donors (Lipinski definition) is 1. The van der Waals surface area contributed by atoms with E-state index in [-0.39, 0.29) is 23.6 Å². The molecule has 6 nitrogen and oxygen atoms in total. The van der Waals surface area contributed by atoms with E-state index in [2.05, 4.69) is 20.0 Å². The van der Waals surface area contributed by atoms with E-state index < -0.39 is 12.1 Å². The Morgan fingerprint density at radius 1 is 1.13 bits per heavy atom. The highest BCUT2D eigenvalue weighted by molar-refractivity contribution is 5.94. The van der Waals surface area contributed by atoms with Crippen molar-refractivity contribution in [2.75, 3.05) is 13.6 Å². The van der Waals surface area contributed by atoms with E-state index in [9.17, 15) is 22.4 Å². The zero-order valence-corrected chi connectivity index (χ0v) is 16.8. The van der Waals surface area contributed by atoms with Crippen molar-refractivity contribution in [3.63, 3.8) is 0 Å². The van der Waals surface area contributed by atoms with Crippen LogP contribution < -0.4 is 5.32 Å². The van der Waals surface area contributed by atoms with Crippen LogP contribution in [0, 0.1) is 5.82 Å². The van der Waals surface area contributed by atoms with E-state index >= 15 is 0 Å². The molecule has 10 heteroatoms. The number of carbonyl (C=O) groups is 1. The molecule has 0 unspecified atom stereocenters. The first-order valence-electron chi connectivity index (χ1n) is 9.37. The lowest BCUT2D eigenvalue weighted by molar-refractivity contribution is -0.159. The van der Waals surface area contributed by atoms with Crippen LogP contribution in [0.4, 0.5) is 17.6 Å². The van der Waals surface area contributed by atoms with E-state index in [4.69, 9.17) is 0 Å². The smallest absolute Gasteiger partial charge is 0.348 e. The van der Waals surface area contributed by atoms with E-state index in [0.29, 0.717) is 24.2 Å². The topological polar surface area (TPSA) is 71.3 Å². The van der Waals surface area contributed by atoms with Crippen molar-refractivity contribution in [1.82, 2.24) is 20.4 Å². The van der Waals surface area contributed by atoms with Gasteiger partial charge in [-0.3, -0.25) is 4.79 Å². The second-order valence-electron chi connectivity index (χ2n) is 7.20. The molecule has 0 bridgehead atoms. The summed E-state index contributed by atoms with van der Waals surface area (Å²) in [5.74, 6) is -2.26. The van der Waals surface area contributed by atoms with Gasteiger partial charge < -0.3 is 14.7 Å². The van der Waals surface area contributed by atoms with Gasteiger partial charge in [-0.1, -0.05) is 29.4 Å². The molecule has 0 saturated carbocycles. The van der Waals surface area contributed by atoms with Crippen molar-refractivity contribution < 1.29 is 26.9 Å². The molecular weight excluding hydrogens is 416 g/mol. The number of amides is 1. The Bertz CT molecular complexity index is 1020. The lowest BCUT2D eigenvalue weighted by atomic mass is 10.1. The summed E-state index contributed by atoms with van der Waals surface area (Å²) in [6.45, 7) is 3.01. The summed E-state index contributed by atoms with van der Waals surface area (Å²) in [6, 6.07) is 11.9.